The van der Waals surface area contributed by atoms with E-state index in [2.05, 4.69) is 5.32 Å². The van der Waals surface area contributed by atoms with Crippen molar-refractivity contribution in [2.45, 2.75) is 12.5 Å². The van der Waals surface area contributed by atoms with Crippen LogP contribution in [0.3, 0.4) is 0 Å². The molecule has 0 amide bonds. The topological polar surface area (TPSA) is 15.3 Å². The maximum atomic E-state index is 13.8. The fourth-order valence-electron chi connectivity index (χ4n) is 2.26. The predicted octanol–water partition coefficient (Wildman–Crippen LogP) is 2.83. The Morgan fingerprint density at radius 1 is 1.11 bits per heavy atom. The summed E-state index contributed by atoms with van der Waals surface area (Å²) in [5, 5.41) is 2.86. The standard InChI is InChI=1S/C12H13ClF4N2/c13-7-5-8(14)10(9(15)6-7)11(12(16)17)19-3-1-18-2-4-19/h5-6,11-12,18H,1-4H2/t11-/m0/s1. The third-order valence-electron chi connectivity index (χ3n) is 3.12. The van der Waals surface area contributed by atoms with Crippen LogP contribution in [0.25, 0.3) is 0 Å². The van der Waals surface area contributed by atoms with E-state index in [1.54, 1.807) is 0 Å². The Hall–Kier alpha value is -0.850. The summed E-state index contributed by atoms with van der Waals surface area (Å²) >= 11 is 5.50. The van der Waals surface area contributed by atoms with E-state index in [0.29, 0.717) is 26.2 Å². The van der Waals surface area contributed by atoms with Gasteiger partial charge >= 0.3 is 0 Å². The molecule has 106 valence electrons. The molecular formula is C12H13ClF4N2. The van der Waals surface area contributed by atoms with Gasteiger partial charge in [-0.1, -0.05) is 11.6 Å². The Balaban J connectivity index is 2.38. The molecule has 0 aromatic heterocycles. The monoisotopic (exact) mass is 296 g/mol. The van der Waals surface area contributed by atoms with Crippen molar-refractivity contribution >= 4 is 11.6 Å². The van der Waals surface area contributed by atoms with Crippen LogP contribution in [0.1, 0.15) is 11.6 Å². The summed E-state index contributed by atoms with van der Waals surface area (Å²) in [6.07, 6.45) is -2.87. The van der Waals surface area contributed by atoms with Gasteiger partial charge in [0.15, 0.2) is 0 Å². The molecule has 1 atom stereocenters. The van der Waals surface area contributed by atoms with Gasteiger partial charge in [0.2, 0.25) is 0 Å². The van der Waals surface area contributed by atoms with Crippen molar-refractivity contribution in [3.05, 3.63) is 34.4 Å². The number of nitrogens with one attached hydrogen (secondary N) is 1. The Morgan fingerprint density at radius 2 is 1.63 bits per heavy atom. The lowest BCUT2D eigenvalue weighted by Gasteiger charge is -2.34. The first kappa shape index (κ1) is 14.6. The van der Waals surface area contributed by atoms with Crippen LogP contribution in [0.15, 0.2) is 12.1 Å². The lowest BCUT2D eigenvalue weighted by Crippen LogP contribution is -2.47. The van der Waals surface area contributed by atoms with E-state index in [1.165, 1.54) is 4.90 Å². The van der Waals surface area contributed by atoms with Crippen LogP contribution in [0.4, 0.5) is 17.6 Å². The van der Waals surface area contributed by atoms with E-state index in [0.717, 1.165) is 12.1 Å². The highest BCUT2D eigenvalue weighted by Crippen LogP contribution is 2.33. The van der Waals surface area contributed by atoms with Crippen LogP contribution >= 0.6 is 11.6 Å². The summed E-state index contributed by atoms with van der Waals surface area (Å²) in [6.45, 7) is 1.66. The van der Waals surface area contributed by atoms with Gasteiger partial charge in [0.25, 0.3) is 6.43 Å². The van der Waals surface area contributed by atoms with Crippen molar-refractivity contribution in [1.29, 1.82) is 0 Å². The van der Waals surface area contributed by atoms with Crippen LogP contribution < -0.4 is 5.32 Å². The average Bonchev–Trinajstić information content (AvgIpc) is 2.34. The Labute approximate surface area is 113 Å². The van der Waals surface area contributed by atoms with Gasteiger partial charge in [-0.25, -0.2) is 17.6 Å². The minimum Gasteiger partial charge on any atom is -0.314 e. The number of piperazine rings is 1. The minimum absolute atomic E-state index is 0.146. The van der Waals surface area contributed by atoms with Crippen LogP contribution in [0, 0.1) is 11.6 Å². The lowest BCUT2D eigenvalue weighted by molar-refractivity contribution is 0.0145. The molecule has 2 nitrogen and oxygen atoms in total. The van der Waals surface area contributed by atoms with Gasteiger partial charge < -0.3 is 5.32 Å². The summed E-state index contributed by atoms with van der Waals surface area (Å²) in [4.78, 5) is 1.39. The largest absolute Gasteiger partial charge is 0.314 e. The fraction of sp³-hybridized carbons (Fsp3) is 0.500. The molecule has 0 radical (unpaired) electrons. The molecule has 1 aliphatic heterocycles. The molecule has 19 heavy (non-hydrogen) atoms. The van der Waals surface area contributed by atoms with Gasteiger partial charge in [0, 0.05) is 36.8 Å². The first-order valence-electron chi connectivity index (χ1n) is 5.88. The number of hydrogen-bond donors (Lipinski definition) is 1. The SMILES string of the molecule is Fc1cc(Cl)cc(F)c1[C@@H](C(F)F)N1CCNCC1. The van der Waals surface area contributed by atoms with Crippen molar-refractivity contribution in [3.63, 3.8) is 0 Å². The number of rotatable bonds is 3. The van der Waals surface area contributed by atoms with Crippen LogP contribution in [-0.4, -0.2) is 37.5 Å². The summed E-state index contributed by atoms with van der Waals surface area (Å²) in [7, 11) is 0. The van der Waals surface area contributed by atoms with E-state index in [-0.39, 0.29) is 5.02 Å². The second kappa shape index (κ2) is 6.07. The second-order valence-corrected chi connectivity index (χ2v) is 4.78. The van der Waals surface area contributed by atoms with Crippen molar-refractivity contribution in [2.24, 2.45) is 0 Å². The van der Waals surface area contributed by atoms with Gasteiger partial charge in [-0.05, 0) is 12.1 Å². The molecule has 0 unspecified atom stereocenters. The molecule has 0 saturated carbocycles. The highest BCUT2D eigenvalue weighted by atomic mass is 35.5. The summed E-state index contributed by atoms with van der Waals surface area (Å²) in [5.41, 5.74) is -0.610. The Kier molecular flexibility index (Phi) is 4.65. The van der Waals surface area contributed by atoms with E-state index in [9.17, 15) is 17.6 Å². The molecular weight excluding hydrogens is 284 g/mol. The summed E-state index contributed by atoms with van der Waals surface area (Å²) in [6, 6.07) is 0.133. The zero-order valence-electron chi connectivity index (χ0n) is 9.97. The van der Waals surface area contributed by atoms with Crippen molar-refractivity contribution < 1.29 is 17.6 Å². The maximum absolute atomic E-state index is 13.8. The highest BCUT2D eigenvalue weighted by molar-refractivity contribution is 6.30. The molecule has 7 heteroatoms. The van der Waals surface area contributed by atoms with Gasteiger partial charge in [0.05, 0.1) is 0 Å². The van der Waals surface area contributed by atoms with Crippen molar-refractivity contribution in [3.8, 4) is 0 Å². The van der Waals surface area contributed by atoms with Gasteiger partial charge in [0.1, 0.15) is 17.7 Å². The molecule has 1 heterocycles. The number of hydrogen-bond acceptors (Lipinski definition) is 2. The predicted molar refractivity (Wildman–Crippen MR) is 64.6 cm³/mol. The molecule has 1 N–H and O–H groups in total. The van der Waals surface area contributed by atoms with Crippen molar-refractivity contribution in [2.75, 3.05) is 26.2 Å². The first-order chi connectivity index (χ1) is 9.00. The molecule has 1 saturated heterocycles. The Bertz CT molecular complexity index is 426. The maximum Gasteiger partial charge on any atom is 0.258 e. The molecule has 0 spiro atoms. The van der Waals surface area contributed by atoms with Crippen LogP contribution in [0.5, 0.6) is 0 Å². The summed E-state index contributed by atoms with van der Waals surface area (Å²) < 4.78 is 54.0. The normalized spacial score (nSPS) is 18.8. The number of benzene rings is 1. The molecule has 0 aliphatic carbocycles. The third-order valence-corrected chi connectivity index (χ3v) is 3.34. The van der Waals surface area contributed by atoms with E-state index < -0.39 is 29.7 Å². The fourth-order valence-corrected chi connectivity index (χ4v) is 2.46. The van der Waals surface area contributed by atoms with Crippen molar-refractivity contribution in [1.82, 2.24) is 10.2 Å². The van der Waals surface area contributed by atoms with E-state index in [1.807, 2.05) is 0 Å². The van der Waals surface area contributed by atoms with Gasteiger partial charge in [-0.15, -0.1) is 0 Å². The Morgan fingerprint density at radius 3 is 2.11 bits per heavy atom. The molecule has 1 aliphatic rings. The van der Waals surface area contributed by atoms with E-state index in [4.69, 9.17) is 11.6 Å². The second-order valence-electron chi connectivity index (χ2n) is 4.35. The molecule has 1 fully saturated rings. The number of nitrogens with zero attached hydrogens (tertiary/aromatic N) is 1. The van der Waals surface area contributed by atoms with E-state index >= 15 is 0 Å². The molecule has 1 aromatic carbocycles. The molecule has 0 bridgehead atoms. The third kappa shape index (κ3) is 3.19. The zero-order chi connectivity index (χ0) is 14.0. The minimum atomic E-state index is -2.87. The van der Waals surface area contributed by atoms with Crippen LogP contribution in [0.2, 0.25) is 5.02 Å². The van der Waals surface area contributed by atoms with Crippen LogP contribution in [-0.2, 0) is 0 Å². The van der Waals surface area contributed by atoms with Gasteiger partial charge in [-0.2, -0.15) is 0 Å². The summed E-state index contributed by atoms with van der Waals surface area (Å²) in [5.74, 6) is -2.07. The van der Waals surface area contributed by atoms with Gasteiger partial charge in [-0.3, -0.25) is 4.90 Å². The lowest BCUT2D eigenvalue weighted by atomic mass is 10.0. The zero-order valence-corrected chi connectivity index (χ0v) is 10.7. The average molecular weight is 297 g/mol. The molecule has 2 rings (SSSR count). The quantitative estimate of drug-likeness (QED) is 0.863. The smallest absolute Gasteiger partial charge is 0.258 e. The highest BCUT2D eigenvalue weighted by Gasteiger charge is 2.34. The first-order valence-corrected chi connectivity index (χ1v) is 6.26. The number of alkyl halides is 2. The number of halogens is 5. The molecule has 1 aromatic rings.